The predicted molar refractivity (Wildman–Crippen MR) is 77.9 cm³/mol. The largest absolute Gasteiger partial charge is 0.354 e. The first-order valence-corrected chi connectivity index (χ1v) is 6.31. The van der Waals surface area contributed by atoms with Gasteiger partial charge in [0, 0.05) is 16.6 Å². The van der Waals surface area contributed by atoms with Crippen LogP contribution in [0.15, 0.2) is 42.5 Å². The van der Waals surface area contributed by atoms with Gasteiger partial charge in [-0.1, -0.05) is 35.9 Å². The highest BCUT2D eigenvalue weighted by Crippen LogP contribution is 2.28. The molecule has 1 aromatic heterocycles. The highest BCUT2D eigenvalue weighted by molar-refractivity contribution is 5.90. The Labute approximate surface area is 107 Å². The van der Waals surface area contributed by atoms with E-state index in [0.29, 0.717) is 0 Å². The van der Waals surface area contributed by atoms with E-state index in [1.54, 1.807) is 0 Å². The van der Waals surface area contributed by atoms with Crippen LogP contribution in [0.3, 0.4) is 0 Å². The average molecular weight is 235 g/mol. The van der Waals surface area contributed by atoms with Gasteiger partial charge in [0.15, 0.2) is 0 Å². The zero-order valence-corrected chi connectivity index (χ0v) is 11.0. The van der Waals surface area contributed by atoms with Crippen LogP contribution in [-0.4, -0.2) is 4.98 Å². The van der Waals surface area contributed by atoms with Crippen molar-refractivity contribution in [2.75, 3.05) is 0 Å². The van der Waals surface area contributed by atoms with Gasteiger partial charge in [0.2, 0.25) is 0 Å². The molecule has 0 amide bonds. The van der Waals surface area contributed by atoms with Crippen LogP contribution in [-0.2, 0) is 0 Å². The highest BCUT2D eigenvalue weighted by atomic mass is 14.7. The Morgan fingerprint density at radius 3 is 2.33 bits per heavy atom. The van der Waals surface area contributed by atoms with E-state index in [0.717, 1.165) is 0 Å². The second kappa shape index (κ2) is 4.02. The van der Waals surface area contributed by atoms with Gasteiger partial charge in [-0.15, -0.1) is 0 Å². The quantitative estimate of drug-likeness (QED) is 0.626. The van der Waals surface area contributed by atoms with Gasteiger partial charge in [-0.25, -0.2) is 0 Å². The topological polar surface area (TPSA) is 15.8 Å². The second-order valence-electron chi connectivity index (χ2n) is 5.04. The van der Waals surface area contributed by atoms with Gasteiger partial charge in [-0.05, 0) is 49.6 Å². The lowest BCUT2D eigenvalue weighted by Gasteiger charge is -1.99. The van der Waals surface area contributed by atoms with E-state index in [2.05, 4.69) is 68.2 Å². The Morgan fingerprint density at radius 1 is 0.833 bits per heavy atom. The minimum atomic E-state index is 1.20. The maximum Gasteiger partial charge on any atom is 0.0491 e. The van der Waals surface area contributed by atoms with Crippen molar-refractivity contribution in [3.05, 3.63) is 59.2 Å². The third-order valence-corrected chi connectivity index (χ3v) is 3.55. The van der Waals surface area contributed by atoms with Crippen LogP contribution in [0.2, 0.25) is 0 Å². The van der Waals surface area contributed by atoms with Gasteiger partial charge in [-0.2, -0.15) is 0 Å². The fraction of sp³-hybridized carbons (Fsp3) is 0.176. The number of benzene rings is 2. The summed E-state index contributed by atoms with van der Waals surface area (Å²) >= 11 is 0. The Morgan fingerprint density at radius 2 is 1.61 bits per heavy atom. The molecule has 0 aliphatic heterocycles. The van der Waals surface area contributed by atoms with Gasteiger partial charge in [0.05, 0.1) is 0 Å². The molecule has 0 atom stereocenters. The smallest absolute Gasteiger partial charge is 0.0491 e. The monoisotopic (exact) mass is 235 g/mol. The maximum absolute atomic E-state index is 3.55. The summed E-state index contributed by atoms with van der Waals surface area (Å²) in [7, 11) is 0. The fourth-order valence-electron chi connectivity index (χ4n) is 2.47. The number of aryl methyl sites for hydroxylation is 3. The molecule has 3 aromatic rings. The van der Waals surface area contributed by atoms with Crippen LogP contribution in [0, 0.1) is 20.8 Å². The van der Waals surface area contributed by atoms with Crippen molar-refractivity contribution in [3.63, 3.8) is 0 Å². The molecule has 90 valence electrons. The van der Waals surface area contributed by atoms with Crippen molar-refractivity contribution in [2.45, 2.75) is 20.8 Å². The summed E-state index contributed by atoms with van der Waals surface area (Å²) in [5.41, 5.74) is 7.63. The highest BCUT2D eigenvalue weighted by Gasteiger charge is 2.07. The summed E-state index contributed by atoms with van der Waals surface area (Å²) in [6.45, 7) is 6.44. The summed E-state index contributed by atoms with van der Waals surface area (Å²) < 4.78 is 0. The molecular formula is C17H17N. The normalized spacial score (nSPS) is 11.1. The third kappa shape index (κ3) is 1.72. The van der Waals surface area contributed by atoms with Crippen molar-refractivity contribution in [2.24, 2.45) is 0 Å². The van der Waals surface area contributed by atoms with E-state index in [4.69, 9.17) is 0 Å². The summed E-state index contributed by atoms with van der Waals surface area (Å²) in [6, 6.07) is 15.2. The van der Waals surface area contributed by atoms with E-state index in [1.165, 1.54) is 38.9 Å². The zero-order chi connectivity index (χ0) is 12.7. The molecule has 0 unspecified atom stereocenters. The van der Waals surface area contributed by atoms with Crippen molar-refractivity contribution in [3.8, 4) is 11.3 Å². The number of H-pyrrole nitrogens is 1. The Kier molecular flexibility index (Phi) is 2.48. The van der Waals surface area contributed by atoms with Crippen molar-refractivity contribution in [1.82, 2.24) is 4.98 Å². The van der Waals surface area contributed by atoms with E-state index < -0.39 is 0 Å². The van der Waals surface area contributed by atoms with Gasteiger partial charge in [0.1, 0.15) is 0 Å². The summed E-state index contributed by atoms with van der Waals surface area (Å²) in [5.74, 6) is 0. The molecule has 18 heavy (non-hydrogen) atoms. The Hall–Kier alpha value is -2.02. The van der Waals surface area contributed by atoms with Gasteiger partial charge >= 0.3 is 0 Å². The third-order valence-electron chi connectivity index (χ3n) is 3.55. The zero-order valence-electron chi connectivity index (χ0n) is 11.0. The van der Waals surface area contributed by atoms with Gasteiger partial charge in [0.25, 0.3) is 0 Å². The van der Waals surface area contributed by atoms with Crippen LogP contribution in [0.1, 0.15) is 16.7 Å². The van der Waals surface area contributed by atoms with Crippen LogP contribution in [0.25, 0.3) is 22.2 Å². The molecule has 3 rings (SSSR count). The van der Waals surface area contributed by atoms with Crippen LogP contribution in [0.4, 0.5) is 0 Å². The molecule has 1 N–H and O–H groups in total. The van der Waals surface area contributed by atoms with E-state index in [-0.39, 0.29) is 0 Å². The molecule has 0 saturated carbocycles. The van der Waals surface area contributed by atoms with E-state index >= 15 is 0 Å². The Bertz CT molecular complexity index is 681. The molecule has 2 aromatic carbocycles. The van der Waals surface area contributed by atoms with Crippen LogP contribution < -0.4 is 0 Å². The molecule has 1 heterocycles. The number of hydrogen-bond donors (Lipinski definition) is 1. The van der Waals surface area contributed by atoms with Crippen LogP contribution in [0.5, 0.6) is 0 Å². The first kappa shape index (κ1) is 11.1. The lowest BCUT2D eigenvalue weighted by Crippen LogP contribution is -1.80. The average Bonchev–Trinajstić information content (AvgIpc) is 2.80. The summed E-state index contributed by atoms with van der Waals surface area (Å²) in [5, 5.41) is 1.33. The lowest BCUT2D eigenvalue weighted by molar-refractivity contribution is 1.38. The molecule has 0 bridgehead atoms. The lowest BCUT2D eigenvalue weighted by atomic mass is 10.1. The maximum atomic E-state index is 3.55. The molecule has 0 saturated heterocycles. The molecule has 0 fully saturated rings. The first-order chi connectivity index (χ1) is 8.65. The van der Waals surface area contributed by atoms with Crippen molar-refractivity contribution in [1.29, 1.82) is 0 Å². The van der Waals surface area contributed by atoms with Gasteiger partial charge < -0.3 is 4.98 Å². The number of rotatable bonds is 1. The predicted octanol–water partition coefficient (Wildman–Crippen LogP) is 4.76. The molecule has 1 heteroatoms. The van der Waals surface area contributed by atoms with E-state index in [9.17, 15) is 0 Å². The number of aromatic amines is 1. The SMILES string of the molecule is Cc1cccc(-c2cc3c(C)ccc(C)c3[nH]2)c1. The van der Waals surface area contributed by atoms with E-state index in [1.807, 2.05) is 0 Å². The minimum absolute atomic E-state index is 1.20. The number of aromatic nitrogens is 1. The molecule has 0 spiro atoms. The fourth-order valence-corrected chi connectivity index (χ4v) is 2.47. The summed E-state index contributed by atoms with van der Waals surface area (Å²) in [6.07, 6.45) is 0. The van der Waals surface area contributed by atoms with Crippen molar-refractivity contribution < 1.29 is 0 Å². The Balaban J connectivity index is 2.26. The van der Waals surface area contributed by atoms with Gasteiger partial charge in [-0.3, -0.25) is 0 Å². The first-order valence-electron chi connectivity index (χ1n) is 6.31. The number of nitrogens with one attached hydrogen (secondary N) is 1. The van der Waals surface area contributed by atoms with Crippen LogP contribution >= 0.6 is 0 Å². The molecule has 0 radical (unpaired) electrons. The molecule has 0 aliphatic carbocycles. The van der Waals surface area contributed by atoms with Crippen molar-refractivity contribution >= 4 is 10.9 Å². The summed E-state index contributed by atoms with van der Waals surface area (Å²) in [4.78, 5) is 3.55. The standard InChI is InChI=1S/C17H17N/c1-11-5-4-6-14(9-11)16-10-15-12(2)7-8-13(3)17(15)18-16/h4-10,18H,1-3H3. The molecule has 1 nitrogen and oxygen atoms in total. The second-order valence-corrected chi connectivity index (χ2v) is 5.04. The molecule has 0 aliphatic rings. The number of fused-ring (bicyclic) bond motifs is 1. The minimum Gasteiger partial charge on any atom is -0.354 e. The number of hydrogen-bond acceptors (Lipinski definition) is 0. The molecular weight excluding hydrogens is 218 g/mol.